The molecule has 1 aromatic rings. The first-order valence-corrected chi connectivity index (χ1v) is 5.06. The second kappa shape index (κ2) is 3.61. The van der Waals surface area contributed by atoms with Crippen molar-refractivity contribution in [3.63, 3.8) is 0 Å². The summed E-state index contributed by atoms with van der Waals surface area (Å²) < 4.78 is 7.39. The number of hydrogen-bond acceptors (Lipinski definition) is 3. The molecule has 0 aliphatic heterocycles. The Hall–Kier alpha value is -1.03. The van der Waals surface area contributed by atoms with E-state index in [-0.39, 0.29) is 0 Å². The number of methoxy groups -OCH3 is 1. The molecule has 2 unspecified atom stereocenters. The molecule has 14 heavy (non-hydrogen) atoms. The van der Waals surface area contributed by atoms with Crippen LogP contribution in [0.25, 0.3) is 0 Å². The van der Waals surface area contributed by atoms with E-state index in [9.17, 15) is 0 Å². The van der Waals surface area contributed by atoms with Crippen molar-refractivity contribution in [2.45, 2.75) is 38.3 Å². The van der Waals surface area contributed by atoms with Crippen molar-refractivity contribution in [3.8, 4) is 0 Å². The van der Waals surface area contributed by atoms with Crippen LogP contribution in [0.3, 0.4) is 0 Å². The largest absolute Gasteiger partial charge is 0.396 e. The lowest BCUT2D eigenvalue weighted by Crippen LogP contribution is -2.21. The number of hydrogen-bond donors (Lipinski definition) is 1. The molecule has 1 aromatic heterocycles. The van der Waals surface area contributed by atoms with Crippen molar-refractivity contribution >= 4 is 5.69 Å². The first-order valence-electron chi connectivity index (χ1n) is 5.06. The van der Waals surface area contributed by atoms with E-state index >= 15 is 0 Å². The molecule has 0 saturated heterocycles. The maximum Gasteiger partial charge on any atom is 0.0823 e. The zero-order valence-corrected chi connectivity index (χ0v) is 8.73. The topological polar surface area (TPSA) is 53.1 Å². The van der Waals surface area contributed by atoms with Crippen LogP contribution < -0.4 is 5.73 Å². The maximum atomic E-state index is 5.77. The Morgan fingerprint density at radius 3 is 2.93 bits per heavy atom. The van der Waals surface area contributed by atoms with Gasteiger partial charge in [0.2, 0.25) is 0 Å². The lowest BCUT2D eigenvalue weighted by atomic mass is 10.2. The fraction of sp³-hybridized carbons (Fsp3) is 0.700. The monoisotopic (exact) mass is 195 g/mol. The Morgan fingerprint density at radius 1 is 1.57 bits per heavy atom. The van der Waals surface area contributed by atoms with E-state index in [1.807, 2.05) is 17.8 Å². The molecule has 2 N–H and O–H groups in total. The average molecular weight is 195 g/mol. The lowest BCUT2D eigenvalue weighted by molar-refractivity contribution is 0.0708. The van der Waals surface area contributed by atoms with Crippen LogP contribution >= 0.6 is 0 Å². The van der Waals surface area contributed by atoms with Gasteiger partial charge in [-0.15, -0.1) is 0 Å². The number of aryl methyl sites for hydroxylation is 1. The van der Waals surface area contributed by atoms with Crippen molar-refractivity contribution in [1.82, 2.24) is 9.78 Å². The molecule has 0 amide bonds. The number of anilines is 1. The third kappa shape index (κ3) is 1.50. The molecule has 1 saturated carbocycles. The summed E-state index contributed by atoms with van der Waals surface area (Å²) in [5.41, 5.74) is 7.45. The fourth-order valence-electron chi connectivity index (χ4n) is 2.15. The van der Waals surface area contributed by atoms with Crippen molar-refractivity contribution in [2.75, 3.05) is 12.8 Å². The highest BCUT2D eigenvalue weighted by molar-refractivity contribution is 5.39. The molecule has 2 atom stereocenters. The summed E-state index contributed by atoms with van der Waals surface area (Å²) in [7, 11) is 1.77. The van der Waals surface area contributed by atoms with Crippen LogP contribution in [-0.2, 0) is 4.74 Å². The van der Waals surface area contributed by atoms with Crippen molar-refractivity contribution in [1.29, 1.82) is 0 Å². The molecule has 2 rings (SSSR count). The first kappa shape index (κ1) is 9.52. The Balaban J connectivity index is 2.21. The molecule has 0 radical (unpaired) electrons. The van der Waals surface area contributed by atoms with E-state index in [1.54, 1.807) is 7.11 Å². The molecule has 1 heterocycles. The summed E-state index contributed by atoms with van der Waals surface area (Å²) >= 11 is 0. The maximum absolute atomic E-state index is 5.77. The van der Waals surface area contributed by atoms with Crippen molar-refractivity contribution in [3.05, 3.63) is 11.9 Å². The summed E-state index contributed by atoms with van der Waals surface area (Å²) in [6.07, 6.45) is 5.69. The Morgan fingerprint density at radius 2 is 2.36 bits per heavy atom. The van der Waals surface area contributed by atoms with E-state index in [1.165, 1.54) is 6.42 Å². The van der Waals surface area contributed by atoms with Crippen LogP contribution in [0.5, 0.6) is 0 Å². The minimum absolute atomic E-state index is 0.300. The summed E-state index contributed by atoms with van der Waals surface area (Å²) in [4.78, 5) is 0. The van der Waals surface area contributed by atoms with Gasteiger partial charge >= 0.3 is 0 Å². The predicted octanol–water partition coefficient (Wildman–Crippen LogP) is 1.51. The molecule has 1 aliphatic carbocycles. The van der Waals surface area contributed by atoms with Gasteiger partial charge in [-0.25, -0.2) is 0 Å². The molecule has 1 aliphatic rings. The highest BCUT2D eigenvalue weighted by atomic mass is 16.5. The van der Waals surface area contributed by atoms with Crippen molar-refractivity contribution < 1.29 is 4.74 Å². The number of rotatable bonds is 2. The van der Waals surface area contributed by atoms with Crippen LogP contribution in [0.2, 0.25) is 0 Å². The van der Waals surface area contributed by atoms with Gasteiger partial charge in [0.15, 0.2) is 0 Å². The quantitative estimate of drug-likeness (QED) is 0.778. The van der Waals surface area contributed by atoms with Crippen LogP contribution in [0.15, 0.2) is 6.20 Å². The molecule has 0 bridgehead atoms. The number of ether oxygens (including phenoxy) is 1. The number of nitrogen functional groups attached to an aromatic ring is 1. The number of aromatic nitrogens is 2. The van der Waals surface area contributed by atoms with E-state index in [0.29, 0.717) is 12.1 Å². The van der Waals surface area contributed by atoms with Crippen LogP contribution in [0.4, 0.5) is 5.69 Å². The van der Waals surface area contributed by atoms with E-state index in [2.05, 4.69) is 5.10 Å². The van der Waals surface area contributed by atoms with E-state index < -0.39 is 0 Å². The summed E-state index contributed by atoms with van der Waals surface area (Å²) in [6.45, 7) is 1.93. The molecule has 4 nitrogen and oxygen atoms in total. The van der Waals surface area contributed by atoms with Gasteiger partial charge < -0.3 is 10.5 Å². The van der Waals surface area contributed by atoms with Gasteiger partial charge in [0.05, 0.1) is 23.5 Å². The molecule has 78 valence electrons. The summed E-state index contributed by atoms with van der Waals surface area (Å²) in [5, 5.41) is 4.40. The minimum atomic E-state index is 0.300. The predicted molar refractivity (Wildman–Crippen MR) is 55.1 cm³/mol. The average Bonchev–Trinajstić information content (AvgIpc) is 2.73. The highest BCUT2D eigenvalue weighted by Gasteiger charge is 2.29. The molecule has 0 aromatic carbocycles. The van der Waals surface area contributed by atoms with Gasteiger partial charge in [-0.1, -0.05) is 0 Å². The molecule has 4 heteroatoms. The summed E-state index contributed by atoms with van der Waals surface area (Å²) in [5.74, 6) is 0. The third-order valence-electron chi connectivity index (χ3n) is 3.01. The zero-order chi connectivity index (χ0) is 10.1. The molecular weight excluding hydrogens is 178 g/mol. The van der Waals surface area contributed by atoms with Crippen LogP contribution in [0.1, 0.15) is 31.0 Å². The second-order valence-corrected chi connectivity index (χ2v) is 3.92. The fourth-order valence-corrected chi connectivity index (χ4v) is 2.15. The Bertz CT molecular complexity index is 302. The number of nitrogens with two attached hydrogens (primary N) is 1. The van der Waals surface area contributed by atoms with E-state index in [0.717, 1.165) is 24.2 Å². The summed E-state index contributed by atoms with van der Waals surface area (Å²) in [6, 6.07) is 0.371. The van der Waals surface area contributed by atoms with Crippen LogP contribution in [-0.4, -0.2) is 23.0 Å². The zero-order valence-electron chi connectivity index (χ0n) is 8.73. The molecule has 0 spiro atoms. The van der Waals surface area contributed by atoms with Gasteiger partial charge in [-0.3, -0.25) is 4.68 Å². The Labute approximate surface area is 84.0 Å². The standard InChI is InChI=1S/C10H17N3O/c1-7-8(11)6-13(12-7)9-4-3-5-10(9)14-2/h6,9-10H,3-5,11H2,1-2H3. The SMILES string of the molecule is COC1CCCC1n1cc(N)c(C)n1. The van der Waals surface area contributed by atoms with Gasteiger partial charge in [-0.05, 0) is 26.2 Å². The number of nitrogens with zero attached hydrogens (tertiary/aromatic N) is 2. The molecule has 1 fully saturated rings. The van der Waals surface area contributed by atoms with Crippen molar-refractivity contribution in [2.24, 2.45) is 0 Å². The van der Waals surface area contributed by atoms with Gasteiger partial charge in [-0.2, -0.15) is 5.10 Å². The second-order valence-electron chi connectivity index (χ2n) is 3.92. The van der Waals surface area contributed by atoms with Gasteiger partial charge in [0.25, 0.3) is 0 Å². The van der Waals surface area contributed by atoms with E-state index in [4.69, 9.17) is 10.5 Å². The lowest BCUT2D eigenvalue weighted by Gasteiger charge is -2.18. The normalized spacial score (nSPS) is 27.0. The third-order valence-corrected chi connectivity index (χ3v) is 3.01. The van der Waals surface area contributed by atoms with Gasteiger partial charge in [0, 0.05) is 13.3 Å². The van der Waals surface area contributed by atoms with Gasteiger partial charge in [0.1, 0.15) is 0 Å². The minimum Gasteiger partial charge on any atom is -0.396 e. The highest BCUT2D eigenvalue weighted by Crippen LogP contribution is 2.32. The molecular formula is C10H17N3O. The smallest absolute Gasteiger partial charge is 0.0823 e. The Kier molecular flexibility index (Phi) is 2.46. The first-order chi connectivity index (χ1) is 6.72. The van der Waals surface area contributed by atoms with Crippen LogP contribution in [0, 0.1) is 6.92 Å².